The summed E-state index contributed by atoms with van der Waals surface area (Å²) in [6, 6.07) is 0. The van der Waals surface area contributed by atoms with Crippen molar-refractivity contribution in [3.05, 3.63) is 0 Å². The first kappa shape index (κ1) is 15.0. The van der Waals surface area contributed by atoms with E-state index in [9.17, 15) is 0 Å². The number of rotatable bonds is 7. The second-order valence-corrected chi connectivity index (χ2v) is 6.34. The molecule has 0 aromatic heterocycles. The molecule has 1 aliphatic carbocycles. The molecule has 1 heteroatoms. The summed E-state index contributed by atoms with van der Waals surface area (Å²) < 4.78 is 0. The van der Waals surface area contributed by atoms with E-state index in [1.165, 1.54) is 51.6 Å². The van der Waals surface area contributed by atoms with E-state index in [0.29, 0.717) is 0 Å². The monoisotopic (exact) mass is 239 g/mol. The normalized spacial score (nSPS) is 25.8. The molecule has 0 spiro atoms. The van der Waals surface area contributed by atoms with Gasteiger partial charge in [0.05, 0.1) is 0 Å². The molecule has 0 heterocycles. The standard InChI is InChI=1S/C16H33N/c1-5-14(6-2)16-10-8-7-9-15(16)12-17-11-13(3)4/h13-17H,5-12H2,1-4H3. The van der Waals surface area contributed by atoms with Gasteiger partial charge in [0.1, 0.15) is 0 Å². The van der Waals surface area contributed by atoms with Crippen molar-refractivity contribution in [3.63, 3.8) is 0 Å². The molecule has 0 radical (unpaired) electrons. The molecule has 0 aromatic rings. The molecule has 1 N–H and O–H groups in total. The molecule has 1 nitrogen and oxygen atoms in total. The van der Waals surface area contributed by atoms with Gasteiger partial charge in [-0.3, -0.25) is 0 Å². The minimum absolute atomic E-state index is 0.783. The third-order valence-corrected chi connectivity index (χ3v) is 4.58. The minimum atomic E-state index is 0.783. The molecule has 0 saturated heterocycles. The number of nitrogens with one attached hydrogen (secondary N) is 1. The summed E-state index contributed by atoms with van der Waals surface area (Å²) >= 11 is 0. The molecule has 1 aliphatic rings. The summed E-state index contributed by atoms with van der Waals surface area (Å²) in [4.78, 5) is 0. The van der Waals surface area contributed by atoms with E-state index in [0.717, 1.165) is 23.7 Å². The van der Waals surface area contributed by atoms with Gasteiger partial charge in [-0.2, -0.15) is 0 Å². The highest BCUT2D eigenvalue weighted by Gasteiger charge is 2.29. The summed E-state index contributed by atoms with van der Waals surface area (Å²) in [5.74, 6) is 3.71. The summed E-state index contributed by atoms with van der Waals surface area (Å²) in [5, 5.41) is 3.69. The fourth-order valence-corrected chi connectivity index (χ4v) is 3.56. The van der Waals surface area contributed by atoms with Crippen LogP contribution in [0.1, 0.15) is 66.2 Å². The largest absolute Gasteiger partial charge is 0.316 e. The van der Waals surface area contributed by atoms with E-state index in [4.69, 9.17) is 0 Å². The maximum atomic E-state index is 3.69. The van der Waals surface area contributed by atoms with Crippen molar-refractivity contribution < 1.29 is 0 Å². The van der Waals surface area contributed by atoms with E-state index < -0.39 is 0 Å². The van der Waals surface area contributed by atoms with E-state index in [1.54, 1.807) is 0 Å². The molecule has 0 aromatic carbocycles. The Labute approximate surface area is 109 Å². The molecular weight excluding hydrogens is 206 g/mol. The van der Waals surface area contributed by atoms with Crippen LogP contribution in [-0.2, 0) is 0 Å². The molecule has 17 heavy (non-hydrogen) atoms. The predicted molar refractivity (Wildman–Crippen MR) is 77.2 cm³/mol. The first-order chi connectivity index (χ1) is 8.19. The van der Waals surface area contributed by atoms with Gasteiger partial charge in [0.15, 0.2) is 0 Å². The zero-order valence-electron chi connectivity index (χ0n) is 12.5. The second-order valence-electron chi connectivity index (χ2n) is 6.34. The first-order valence-electron chi connectivity index (χ1n) is 7.89. The minimum Gasteiger partial charge on any atom is -0.316 e. The molecule has 0 amide bonds. The van der Waals surface area contributed by atoms with Crippen LogP contribution < -0.4 is 5.32 Å². The number of hydrogen-bond donors (Lipinski definition) is 1. The molecule has 102 valence electrons. The second kappa shape index (κ2) is 8.13. The third-order valence-electron chi connectivity index (χ3n) is 4.58. The van der Waals surface area contributed by atoms with Crippen molar-refractivity contribution in [2.24, 2.45) is 23.7 Å². The highest BCUT2D eigenvalue weighted by Crippen LogP contribution is 2.37. The lowest BCUT2D eigenvalue weighted by molar-refractivity contribution is 0.149. The Hall–Kier alpha value is -0.0400. The van der Waals surface area contributed by atoms with E-state index in [-0.39, 0.29) is 0 Å². The molecule has 0 aliphatic heterocycles. The van der Waals surface area contributed by atoms with Gasteiger partial charge in [0.25, 0.3) is 0 Å². The molecule has 2 unspecified atom stereocenters. The van der Waals surface area contributed by atoms with Crippen LogP contribution in [0.3, 0.4) is 0 Å². The summed E-state index contributed by atoms with van der Waals surface area (Å²) in [7, 11) is 0. The van der Waals surface area contributed by atoms with Crippen molar-refractivity contribution >= 4 is 0 Å². The van der Waals surface area contributed by atoms with Gasteiger partial charge in [-0.05, 0) is 49.6 Å². The Bertz CT molecular complexity index is 184. The molecule has 1 saturated carbocycles. The van der Waals surface area contributed by atoms with E-state index >= 15 is 0 Å². The Morgan fingerprint density at radius 2 is 1.71 bits per heavy atom. The first-order valence-corrected chi connectivity index (χ1v) is 7.89. The molecule has 1 rings (SSSR count). The van der Waals surface area contributed by atoms with Crippen LogP contribution in [0.5, 0.6) is 0 Å². The zero-order chi connectivity index (χ0) is 12.7. The Balaban J connectivity index is 2.41. The van der Waals surface area contributed by atoms with Gasteiger partial charge in [-0.25, -0.2) is 0 Å². The van der Waals surface area contributed by atoms with Gasteiger partial charge in [-0.15, -0.1) is 0 Å². The van der Waals surface area contributed by atoms with E-state index in [2.05, 4.69) is 33.0 Å². The lowest BCUT2D eigenvalue weighted by Gasteiger charge is -2.37. The molecule has 2 atom stereocenters. The Kier molecular flexibility index (Phi) is 7.18. The van der Waals surface area contributed by atoms with Crippen LogP contribution in [0.25, 0.3) is 0 Å². The number of hydrogen-bond acceptors (Lipinski definition) is 1. The smallest absolute Gasteiger partial charge is 0.00177 e. The lowest BCUT2D eigenvalue weighted by atomic mass is 9.70. The van der Waals surface area contributed by atoms with Crippen molar-refractivity contribution in [2.45, 2.75) is 66.2 Å². The SMILES string of the molecule is CCC(CC)C1CCCCC1CNCC(C)C. The van der Waals surface area contributed by atoms with Crippen molar-refractivity contribution in [1.29, 1.82) is 0 Å². The van der Waals surface area contributed by atoms with Crippen LogP contribution in [0.4, 0.5) is 0 Å². The van der Waals surface area contributed by atoms with Crippen LogP contribution in [0.2, 0.25) is 0 Å². The van der Waals surface area contributed by atoms with Crippen LogP contribution in [0, 0.1) is 23.7 Å². The Morgan fingerprint density at radius 1 is 1.06 bits per heavy atom. The fourth-order valence-electron chi connectivity index (χ4n) is 3.56. The molecular formula is C16H33N. The summed E-state index contributed by atoms with van der Waals surface area (Å²) in [6.45, 7) is 11.8. The van der Waals surface area contributed by atoms with Crippen molar-refractivity contribution in [3.8, 4) is 0 Å². The van der Waals surface area contributed by atoms with Gasteiger partial charge in [0.2, 0.25) is 0 Å². The van der Waals surface area contributed by atoms with Crippen LogP contribution in [0.15, 0.2) is 0 Å². The predicted octanol–water partition coefficient (Wildman–Crippen LogP) is 4.47. The van der Waals surface area contributed by atoms with Gasteiger partial charge in [0, 0.05) is 0 Å². The van der Waals surface area contributed by atoms with Gasteiger partial charge < -0.3 is 5.32 Å². The molecule has 1 fully saturated rings. The average molecular weight is 239 g/mol. The highest BCUT2D eigenvalue weighted by molar-refractivity contribution is 4.81. The fraction of sp³-hybridized carbons (Fsp3) is 1.00. The topological polar surface area (TPSA) is 12.0 Å². The highest BCUT2D eigenvalue weighted by atomic mass is 14.9. The lowest BCUT2D eigenvalue weighted by Crippen LogP contribution is -2.35. The van der Waals surface area contributed by atoms with E-state index in [1.807, 2.05) is 0 Å². The van der Waals surface area contributed by atoms with Crippen LogP contribution in [-0.4, -0.2) is 13.1 Å². The van der Waals surface area contributed by atoms with Crippen LogP contribution >= 0.6 is 0 Å². The third kappa shape index (κ3) is 4.99. The van der Waals surface area contributed by atoms with Gasteiger partial charge >= 0.3 is 0 Å². The maximum absolute atomic E-state index is 3.69. The average Bonchev–Trinajstić information content (AvgIpc) is 2.32. The molecule has 0 bridgehead atoms. The Morgan fingerprint density at radius 3 is 2.29 bits per heavy atom. The summed E-state index contributed by atoms with van der Waals surface area (Å²) in [5.41, 5.74) is 0. The summed E-state index contributed by atoms with van der Waals surface area (Å²) in [6.07, 6.45) is 8.64. The quantitative estimate of drug-likeness (QED) is 0.691. The van der Waals surface area contributed by atoms with Gasteiger partial charge in [-0.1, -0.05) is 53.4 Å². The zero-order valence-corrected chi connectivity index (χ0v) is 12.5. The maximum Gasteiger partial charge on any atom is -0.00177 e. The van der Waals surface area contributed by atoms with Crippen molar-refractivity contribution in [2.75, 3.05) is 13.1 Å². The van der Waals surface area contributed by atoms with Crippen molar-refractivity contribution in [1.82, 2.24) is 5.32 Å².